The van der Waals surface area contributed by atoms with Gasteiger partial charge in [-0.3, -0.25) is 9.78 Å². The van der Waals surface area contributed by atoms with E-state index < -0.39 is 0 Å². The first-order valence-corrected chi connectivity index (χ1v) is 8.27. The Balaban J connectivity index is 1.82. The van der Waals surface area contributed by atoms with Gasteiger partial charge in [-0.25, -0.2) is 0 Å². The molecule has 1 saturated heterocycles. The number of hydrogen-bond donors (Lipinski definition) is 0. The fourth-order valence-corrected chi connectivity index (χ4v) is 3.21. The molecule has 108 valence electrons. The van der Waals surface area contributed by atoms with Gasteiger partial charge in [-0.05, 0) is 42.2 Å². The van der Waals surface area contributed by atoms with Crippen LogP contribution >= 0.6 is 15.9 Å². The van der Waals surface area contributed by atoms with Crippen molar-refractivity contribution in [1.29, 1.82) is 0 Å². The quantitative estimate of drug-likeness (QED) is 0.789. The summed E-state index contributed by atoms with van der Waals surface area (Å²) in [4.78, 5) is 18.9. The second-order valence-corrected chi connectivity index (χ2v) is 5.83. The Kier molecular flexibility index (Phi) is 4.34. The number of benzene rings is 1. The summed E-state index contributed by atoms with van der Waals surface area (Å²) in [6.45, 7) is 0.818. The smallest absolute Gasteiger partial charge is 0.254 e. The molecule has 1 amide bonds. The van der Waals surface area contributed by atoms with Crippen molar-refractivity contribution < 1.29 is 4.79 Å². The van der Waals surface area contributed by atoms with Crippen molar-refractivity contribution >= 4 is 21.8 Å². The van der Waals surface area contributed by atoms with Gasteiger partial charge in [-0.15, -0.1) is 0 Å². The minimum absolute atomic E-state index is 0.113. The molecular weight excluding hydrogens is 328 g/mol. The van der Waals surface area contributed by atoms with E-state index in [-0.39, 0.29) is 11.9 Å². The molecular formula is C17H17BrN2O. The molecule has 1 aromatic heterocycles. The molecule has 0 aliphatic carbocycles. The van der Waals surface area contributed by atoms with E-state index in [2.05, 4.69) is 27.0 Å². The summed E-state index contributed by atoms with van der Waals surface area (Å²) in [7, 11) is 0. The molecule has 1 aromatic carbocycles. The molecule has 21 heavy (non-hydrogen) atoms. The molecule has 4 heteroatoms. The van der Waals surface area contributed by atoms with Crippen LogP contribution in [-0.2, 0) is 5.33 Å². The lowest BCUT2D eigenvalue weighted by molar-refractivity contribution is 0.0735. The minimum atomic E-state index is 0.113. The van der Waals surface area contributed by atoms with Crippen molar-refractivity contribution in [3.63, 3.8) is 0 Å². The van der Waals surface area contributed by atoms with Crippen LogP contribution < -0.4 is 0 Å². The Morgan fingerprint density at radius 3 is 2.76 bits per heavy atom. The first kappa shape index (κ1) is 14.3. The van der Waals surface area contributed by atoms with Gasteiger partial charge in [0, 0.05) is 29.8 Å². The lowest BCUT2D eigenvalue weighted by atomic mass is 10.1. The molecule has 0 spiro atoms. The van der Waals surface area contributed by atoms with Crippen molar-refractivity contribution in [1.82, 2.24) is 9.88 Å². The molecule has 0 saturated carbocycles. The molecule has 0 N–H and O–H groups in total. The van der Waals surface area contributed by atoms with Crippen LogP contribution in [0, 0.1) is 0 Å². The van der Waals surface area contributed by atoms with Crippen LogP contribution in [0.25, 0.3) is 0 Å². The Morgan fingerprint density at radius 1 is 1.29 bits per heavy atom. The highest BCUT2D eigenvalue weighted by atomic mass is 79.9. The molecule has 3 nitrogen and oxygen atoms in total. The van der Waals surface area contributed by atoms with E-state index in [0.717, 1.165) is 35.8 Å². The summed E-state index contributed by atoms with van der Waals surface area (Å²) < 4.78 is 0. The number of likely N-dealkylation sites (tertiary alicyclic amines) is 1. The van der Waals surface area contributed by atoms with Crippen molar-refractivity contribution in [3.8, 4) is 0 Å². The highest BCUT2D eigenvalue weighted by Gasteiger charge is 2.30. The van der Waals surface area contributed by atoms with Crippen molar-refractivity contribution in [2.24, 2.45) is 0 Å². The Morgan fingerprint density at radius 2 is 2.10 bits per heavy atom. The molecule has 1 unspecified atom stereocenters. The van der Waals surface area contributed by atoms with E-state index in [1.807, 2.05) is 41.4 Å². The van der Waals surface area contributed by atoms with Crippen LogP contribution in [0.2, 0.25) is 0 Å². The number of pyridine rings is 1. The number of carbonyl (C=O) groups excluding carboxylic acids is 1. The second-order valence-electron chi connectivity index (χ2n) is 5.27. The normalized spacial score (nSPS) is 18.0. The van der Waals surface area contributed by atoms with Crippen molar-refractivity contribution in [3.05, 3.63) is 65.5 Å². The van der Waals surface area contributed by atoms with Gasteiger partial charge in [0.15, 0.2) is 0 Å². The predicted octanol–water partition coefficient (Wildman–Crippen LogP) is 3.95. The van der Waals surface area contributed by atoms with E-state index in [4.69, 9.17) is 0 Å². The number of halogens is 1. The maximum atomic E-state index is 12.7. The second kappa shape index (κ2) is 6.39. The highest BCUT2D eigenvalue weighted by molar-refractivity contribution is 9.08. The molecule has 1 fully saturated rings. The fraction of sp³-hybridized carbons (Fsp3) is 0.294. The number of hydrogen-bond acceptors (Lipinski definition) is 2. The highest BCUT2D eigenvalue weighted by Crippen LogP contribution is 2.32. The molecule has 1 aliphatic heterocycles. The number of amides is 1. The van der Waals surface area contributed by atoms with Crippen LogP contribution in [0.1, 0.15) is 40.4 Å². The third kappa shape index (κ3) is 3.00. The van der Waals surface area contributed by atoms with Crippen molar-refractivity contribution in [2.45, 2.75) is 24.2 Å². The molecule has 3 rings (SSSR count). The third-order valence-corrected chi connectivity index (χ3v) is 4.59. The van der Waals surface area contributed by atoms with Crippen LogP contribution in [0.3, 0.4) is 0 Å². The predicted molar refractivity (Wildman–Crippen MR) is 86.3 cm³/mol. The SMILES string of the molecule is O=C(c1ccc(CBr)cc1)N1CCCC1c1cccnc1. The maximum Gasteiger partial charge on any atom is 0.254 e. The van der Waals surface area contributed by atoms with E-state index in [1.165, 1.54) is 5.56 Å². The van der Waals surface area contributed by atoms with Crippen molar-refractivity contribution in [2.75, 3.05) is 6.54 Å². The molecule has 1 atom stereocenters. The molecule has 1 aliphatic rings. The zero-order valence-corrected chi connectivity index (χ0v) is 13.3. The first-order chi connectivity index (χ1) is 10.3. The largest absolute Gasteiger partial charge is 0.332 e. The molecule has 0 bridgehead atoms. The lowest BCUT2D eigenvalue weighted by Crippen LogP contribution is -2.30. The van der Waals surface area contributed by atoms with Gasteiger partial charge in [-0.1, -0.05) is 34.1 Å². The van der Waals surface area contributed by atoms with Gasteiger partial charge < -0.3 is 4.90 Å². The Bertz CT molecular complexity index is 612. The summed E-state index contributed by atoms with van der Waals surface area (Å²) in [5.74, 6) is 0.113. The van der Waals surface area contributed by atoms with Crippen LogP contribution in [-0.4, -0.2) is 22.3 Å². The van der Waals surface area contributed by atoms with Gasteiger partial charge >= 0.3 is 0 Å². The van der Waals surface area contributed by atoms with Crippen LogP contribution in [0.4, 0.5) is 0 Å². The van der Waals surface area contributed by atoms with Gasteiger partial charge in [0.05, 0.1) is 6.04 Å². The minimum Gasteiger partial charge on any atom is -0.332 e. The van der Waals surface area contributed by atoms with Gasteiger partial charge in [0.25, 0.3) is 5.91 Å². The number of aromatic nitrogens is 1. The Hall–Kier alpha value is -1.68. The number of carbonyl (C=O) groups is 1. The summed E-state index contributed by atoms with van der Waals surface area (Å²) in [5.41, 5.74) is 3.06. The molecule has 0 radical (unpaired) electrons. The molecule has 2 aromatic rings. The molecule has 2 heterocycles. The number of nitrogens with zero attached hydrogens (tertiary/aromatic N) is 2. The average molecular weight is 345 g/mol. The maximum absolute atomic E-state index is 12.7. The zero-order valence-electron chi connectivity index (χ0n) is 11.7. The van der Waals surface area contributed by atoms with Gasteiger partial charge in [0.1, 0.15) is 0 Å². The monoisotopic (exact) mass is 344 g/mol. The fourth-order valence-electron chi connectivity index (χ4n) is 2.83. The van der Waals surface area contributed by atoms with E-state index in [9.17, 15) is 4.79 Å². The summed E-state index contributed by atoms with van der Waals surface area (Å²) >= 11 is 3.42. The van der Waals surface area contributed by atoms with Gasteiger partial charge in [-0.2, -0.15) is 0 Å². The zero-order chi connectivity index (χ0) is 14.7. The van der Waals surface area contributed by atoms with Crippen LogP contribution in [0.5, 0.6) is 0 Å². The standard InChI is InChI=1S/C17H17BrN2O/c18-11-13-5-7-14(8-6-13)17(21)20-10-2-4-16(20)15-3-1-9-19-12-15/h1,3,5-9,12,16H,2,4,10-11H2. The number of alkyl halides is 1. The van der Waals surface area contributed by atoms with Crippen LogP contribution in [0.15, 0.2) is 48.8 Å². The summed E-state index contributed by atoms with van der Waals surface area (Å²) in [5, 5.41) is 0.809. The van der Waals surface area contributed by atoms with E-state index in [0.29, 0.717) is 0 Å². The third-order valence-electron chi connectivity index (χ3n) is 3.94. The van der Waals surface area contributed by atoms with E-state index >= 15 is 0 Å². The summed E-state index contributed by atoms with van der Waals surface area (Å²) in [6.07, 6.45) is 5.69. The van der Waals surface area contributed by atoms with E-state index in [1.54, 1.807) is 6.20 Å². The first-order valence-electron chi connectivity index (χ1n) is 7.15. The summed E-state index contributed by atoms with van der Waals surface area (Å²) in [6, 6.07) is 12.0. The topological polar surface area (TPSA) is 33.2 Å². The lowest BCUT2D eigenvalue weighted by Gasteiger charge is -2.25. The number of rotatable bonds is 3. The average Bonchev–Trinajstić information content (AvgIpc) is 3.04. The van der Waals surface area contributed by atoms with Gasteiger partial charge in [0.2, 0.25) is 0 Å². The Labute approximate surface area is 133 Å².